The van der Waals surface area contributed by atoms with E-state index in [9.17, 15) is 10.2 Å². The molecule has 1 atom stereocenters. The van der Waals surface area contributed by atoms with Gasteiger partial charge < -0.3 is 19.8 Å². The molecule has 1 heterocycles. The van der Waals surface area contributed by atoms with Gasteiger partial charge in [0.15, 0.2) is 17.2 Å². The highest BCUT2D eigenvalue weighted by Gasteiger charge is 2.42. The molecule has 0 aliphatic carbocycles. The number of thioether (sulfide) groups is 1. The van der Waals surface area contributed by atoms with E-state index in [0.29, 0.717) is 21.4 Å². The molecule has 1 aliphatic heterocycles. The molecule has 1 aromatic rings. The van der Waals surface area contributed by atoms with Crippen LogP contribution in [0.25, 0.3) is 0 Å². The number of ether oxygens (including phenoxy) is 1. The first-order valence-corrected chi connectivity index (χ1v) is 6.39. The number of thiocarbonyl (C=S) groups is 1. The Kier molecular flexibility index (Phi) is 3.20. The second kappa shape index (κ2) is 4.36. The van der Waals surface area contributed by atoms with Gasteiger partial charge in [0.1, 0.15) is 4.32 Å². The summed E-state index contributed by atoms with van der Waals surface area (Å²) in [4.78, 5) is 1.65. The van der Waals surface area contributed by atoms with Crippen LogP contribution in [-0.2, 0) is 5.72 Å². The lowest BCUT2D eigenvalue weighted by Gasteiger charge is -2.31. The van der Waals surface area contributed by atoms with Crippen LogP contribution >= 0.6 is 24.0 Å². The van der Waals surface area contributed by atoms with Crippen molar-refractivity contribution in [3.63, 3.8) is 0 Å². The Morgan fingerprint density at radius 1 is 1.53 bits per heavy atom. The summed E-state index contributed by atoms with van der Waals surface area (Å²) in [6.07, 6.45) is 0. The molecule has 1 unspecified atom stereocenters. The topological polar surface area (TPSA) is 52.9 Å². The summed E-state index contributed by atoms with van der Waals surface area (Å²) in [6, 6.07) is 4.80. The Labute approximate surface area is 109 Å². The fraction of sp³-hybridized carbons (Fsp3) is 0.364. The van der Waals surface area contributed by atoms with Gasteiger partial charge in [0.05, 0.1) is 12.9 Å². The molecule has 2 N–H and O–H groups in total. The molecule has 17 heavy (non-hydrogen) atoms. The number of phenolic OH excluding ortho intramolecular Hbond substituents is 1. The molecule has 0 spiro atoms. The second-order valence-electron chi connectivity index (χ2n) is 3.82. The zero-order chi connectivity index (χ0) is 12.6. The number of benzene rings is 1. The Morgan fingerprint density at radius 3 is 2.76 bits per heavy atom. The molecule has 92 valence electrons. The minimum absolute atomic E-state index is 0.0516. The van der Waals surface area contributed by atoms with Crippen molar-refractivity contribution in [1.82, 2.24) is 4.90 Å². The van der Waals surface area contributed by atoms with Gasteiger partial charge in [-0.3, -0.25) is 0 Å². The highest BCUT2D eigenvalue weighted by Crippen LogP contribution is 2.40. The predicted octanol–water partition coefficient (Wildman–Crippen LogP) is 1.51. The standard InChI is InChI=1S/C11H13NO3S2/c1-12-10(16)17-6-11(12,14)7-3-4-8(13)9(5-7)15-2/h3-5,13-14H,6H2,1-2H3. The first-order chi connectivity index (χ1) is 7.99. The second-order valence-corrected chi connectivity index (χ2v) is 5.43. The van der Waals surface area contributed by atoms with Gasteiger partial charge in [-0.05, 0) is 12.1 Å². The monoisotopic (exact) mass is 271 g/mol. The van der Waals surface area contributed by atoms with Crippen LogP contribution < -0.4 is 4.74 Å². The minimum Gasteiger partial charge on any atom is -0.504 e. The fourth-order valence-electron chi connectivity index (χ4n) is 1.71. The maximum atomic E-state index is 10.6. The molecule has 2 rings (SSSR count). The van der Waals surface area contributed by atoms with E-state index in [1.54, 1.807) is 24.1 Å². The Bertz CT molecular complexity index is 466. The quantitative estimate of drug-likeness (QED) is 0.795. The SMILES string of the molecule is COc1cc(C2(O)CSC(=S)N2C)ccc1O. The molecule has 0 amide bonds. The summed E-state index contributed by atoms with van der Waals surface area (Å²) in [6.45, 7) is 0. The summed E-state index contributed by atoms with van der Waals surface area (Å²) in [7, 11) is 3.22. The summed E-state index contributed by atoms with van der Waals surface area (Å²) >= 11 is 6.55. The lowest BCUT2D eigenvalue weighted by Crippen LogP contribution is -2.41. The third-order valence-corrected chi connectivity index (χ3v) is 4.56. The van der Waals surface area contributed by atoms with Crippen LogP contribution in [0, 0.1) is 0 Å². The van der Waals surface area contributed by atoms with Gasteiger partial charge in [0, 0.05) is 12.6 Å². The minimum atomic E-state index is -1.14. The average Bonchev–Trinajstić information content (AvgIpc) is 2.59. The third-order valence-electron chi connectivity index (χ3n) is 2.87. The maximum absolute atomic E-state index is 10.6. The zero-order valence-electron chi connectivity index (χ0n) is 9.51. The van der Waals surface area contributed by atoms with E-state index in [-0.39, 0.29) is 5.75 Å². The molecule has 0 saturated carbocycles. The van der Waals surface area contributed by atoms with Crippen LogP contribution in [0.4, 0.5) is 0 Å². The molecule has 4 nitrogen and oxygen atoms in total. The summed E-state index contributed by atoms with van der Waals surface area (Å²) < 4.78 is 5.69. The number of rotatable bonds is 2. The van der Waals surface area contributed by atoms with Gasteiger partial charge in [-0.1, -0.05) is 30.0 Å². The number of phenols is 1. The maximum Gasteiger partial charge on any atom is 0.174 e. The van der Waals surface area contributed by atoms with Crippen molar-refractivity contribution in [2.24, 2.45) is 0 Å². The van der Waals surface area contributed by atoms with Crippen molar-refractivity contribution in [3.8, 4) is 11.5 Å². The number of hydrogen-bond acceptors (Lipinski definition) is 5. The predicted molar refractivity (Wildman–Crippen MR) is 71.4 cm³/mol. The smallest absolute Gasteiger partial charge is 0.174 e. The molecule has 0 aromatic heterocycles. The van der Waals surface area contributed by atoms with Crippen molar-refractivity contribution < 1.29 is 14.9 Å². The van der Waals surface area contributed by atoms with Gasteiger partial charge >= 0.3 is 0 Å². The summed E-state index contributed by atoms with van der Waals surface area (Å²) in [5, 5.41) is 20.1. The number of aliphatic hydroxyl groups is 1. The third kappa shape index (κ3) is 1.96. The average molecular weight is 271 g/mol. The molecule has 1 aromatic carbocycles. The molecule has 0 bridgehead atoms. The largest absolute Gasteiger partial charge is 0.504 e. The highest BCUT2D eigenvalue weighted by atomic mass is 32.2. The van der Waals surface area contributed by atoms with Crippen LogP contribution in [0.3, 0.4) is 0 Å². The van der Waals surface area contributed by atoms with Crippen molar-refractivity contribution in [2.45, 2.75) is 5.72 Å². The Hall–Kier alpha value is -0.980. The Balaban J connectivity index is 2.43. The number of aromatic hydroxyl groups is 1. The van der Waals surface area contributed by atoms with E-state index in [2.05, 4.69) is 0 Å². The van der Waals surface area contributed by atoms with Gasteiger partial charge in [0.2, 0.25) is 0 Å². The van der Waals surface area contributed by atoms with E-state index < -0.39 is 5.72 Å². The van der Waals surface area contributed by atoms with Crippen molar-refractivity contribution in [1.29, 1.82) is 0 Å². The molecule has 0 radical (unpaired) electrons. The molecule has 1 saturated heterocycles. The van der Waals surface area contributed by atoms with Gasteiger partial charge in [-0.2, -0.15) is 0 Å². The van der Waals surface area contributed by atoms with E-state index in [0.717, 1.165) is 0 Å². The number of nitrogens with zero attached hydrogens (tertiary/aromatic N) is 1. The van der Waals surface area contributed by atoms with Crippen LogP contribution in [0.2, 0.25) is 0 Å². The zero-order valence-corrected chi connectivity index (χ0v) is 11.1. The highest BCUT2D eigenvalue weighted by molar-refractivity contribution is 8.23. The fourth-order valence-corrected chi connectivity index (χ4v) is 3.07. The number of methoxy groups -OCH3 is 1. The number of hydrogen-bond donors (Lipinski definition) is 2. The van der Waals surface area contributed by atoms with Crippen molar-refractivity contribution >= 4 is 28.3 Å². The van der Waals surface area contributed by atoms with Gasteiger partial charge in [-0.15, -0.1) is 0 Å². The van der Waals surface area contributed by atoms with E-state index in [1.165, 1.54) is 24.9 Å². The summed E-state index contributed by atoms with van der Waals surface area (Å²) in [5.74, 6) is 0.860. The lowest BCUT2D eigenvalue weighted by atomic mass is 10.0. The normalized spacial score (nSPS) is 24.2. The van der Waals surface area contributed by atoms with E-state index in [4.69, 9.17) is 17.0 Å². The first kappa shape index (κ1) is 12.5. The van der Waals surface area contributed by atoms with Crippen molar-refractivity contribution in [3.05, 3.63) is 23.8 Å². The summed E-state index contributed by atoms with van der Waals surface area (Å²) in [5.41, 5.74) is -0.482. The van der Waals surface area contributed by atoms with Crippen LogP contribution in [0.1, 0.15) is 5.56 Å². The molecular formula is C11H13NO3S2. The van der Waals surface area contributed by atoms with Crippen LogP contribution in [0.5, 0.6) is 11.5 Å². The van der Waals surface area contributed by atoms with Crippen LogP contribution in [0.15, 0.2) is 18.2 Å². The first-order valence-electron chi connectivity index (χ1n) is 4.99. The lowest BCUT2D eigenvalue weighted by molar-refractivity contribution is -0.0338. The molecule has 1 aliphatic rings. The Morgan fingerprint density at radius 2 is 2.24 bits per heavy atom. The molecule has 6 heteroatoms. The van der Waals surface area contributed by atoms with Gasteiger partial charge in [0.25, 0.3) is 0 Å². The van der Waals surface area contributed by atoms with E-state index in [1.807, 2.05) is 0 Å². The van der Waals surface area contributed by atoms with Crippen LogP contribution in [-0.4, -0.2) is 39.3 Å². The molecule has 1 fully saturated rings. The molecular weight excluding hydrogens is 258 g/mol. The van der Waals surface area contributed by atoms with Crippen molar-refractivity contribution in [2.75, 3.05) is 19.9 Å². The van der Waals surface area contributed by atoms with E-state index >= 15 is 0 Å². The van der Waals surface area contributed by atoms with Gasteiger partial charge in [-0.25, -0.2) is 0 Å².